The van der Waals surface area contributed by atoms with Gasteiger partial charge in [-0.3, -0.25) is 0 Å². The first-order valence-corrected chi connectivity index (χ1v) is 7.66. The summed E-state index contributed by atoms with van der Waals surface area (Å²) in [5.74, 6) is -0.375. The van der Waals surface area contributed by atoms with Crippen molar-refractivity contribution in [2.45, 2.75) is 26.1 Å². The molecule has 0 amide bonds. The Bertz CT molecular complexity index is 581. The molecule has 0 saturated heterocycles. The third-order valence-corrected chi connectivity index (χ3v) is 3.35. The molecule has 1 unspecified atom stereocenters. The van der Waals surface area contributed by atoms with E-state index in [4.69, 9.17) is 21.1 Å². The Morgan fingerprint density at radius 3 is 2.41 bits per heavy atom. The van der Waals surface area contributed by atoms with E-state index in [0.717, 1.165) is 17.5 Å². The summed E-state index contributed by atoms with van der Waals surface area (Å²) in [4.78, 5) is 12.2. The molecule has 0 heterocycles. The highest BCUT2D eigenvalue weighted by molar-refractivity contribution is 6.30. The molecule has 2 aromatic rings. The maximum Gasteiger partial charge on any atom is 0.339 e. The summed E-state index contributed by atoms with van der Waals surface area (Å²) in [5.41, 5.74) is 1.74. The summed E-state index contributed by atoms with van der Waals surface area (Å²) in [6.07, 6.45) is 0.0293. The second kappa shape index (κ2) is 8.57. The third-order valence-electron chi connectivity index (χ3n) is 3.09. The second-order valence-electron chi connectivity index (χ2n) is 4.90. The molecule has 2 aromatic carbocycles. The van der Waals surface area contributed by atoms with Gasteiger partial charge in [0.2, 0.25) is 0 Å². The Balaban J connectivity index is 2.10. The fourth-order valence-corrected chi connectivity index (χ4v) is 2.10. The lowest BCUT2D eigenvalue weighted by atomic mass is 10.1. The van der Waals surface area contributed by atoms with Crippen molar-refractivity contribution in [2.75, 3.05) is 6.61 Å². The number of ether oxygens (including phenoxy) is 2. The van der Waals surface area contributed by atoms with Crippen LogP contribution in [0.2, 0.25) is 5.02 Å². The topological polar surface area (TPSA) is 35.5 Å². The number of hydrogen-bond donors (Lipinski definition) is 0. The van der Waals surface area contributed by atoms with Gasteiger partial charge in [-0.15, -0.1) is 0 Å². The van der Waals surface area contributed by atoms with Crippen molar-refractivity contribution in [3.63, 3.8) is 0 Å². The number of esters is 1. The van der Waals surface area contributed by atoms with Crippen LogP contribution in [-0.2, 0) is 20.9 Å². The van der Waals surface area contributed by atoms with Crippen LogP contribution in [0.25, 0.3) is 0 Å². The fraction of sp³-hybridized carbons (Fsp3) is 0.278. The molecule has 0 aliphatic rings. The molecule has 2 rings (SSSR count). The van der Waals surface area contributed by atoms with Gasteiger partial charge in [-0.2, -0.15) is 0 Å². The maximum absolute atomic E-state index is 12.2. The van der Waals surface area contributed by atoms with Crippen LogP contribution < -0.4 is 0 Å². The molecule has 0 spiro atoms. The largest absolute Gasteiger partial charge is 0.464 e. The van der Waals surface area contributed by atoms with E-state index in [9.17, 15) is 4.79 Å². The van der Waals surface area contributed by atoms with Gasteiger partial charge in [0.15, 0.2) is 6.10 Å². The molecule has 3 nitrogen and oxygen atoms in total. The number of benzene rings is 2. The lowest BCUT2D eigenvalue weighted by Gasteiger charge is -2.17. The molecule has 0 aliphatic carbocycles. The predicted molar refractivity (Wildman–Crippen MR) is 86.7 cm³/mol. The third kappa shape index (κ3) is 4.86. The van der Waals surface area contributed by atoms with Gasteiger partial charge >= 0.3 is 5.97 Å². The summed E-state index contributed by atoms with van der Waals surface area (Å²) in [6.45, 7) is 2.68. The Hall–Kier alpha value is -1.84. The van der Waals surface area contributed by atoms with Crippen molar-refractivity contribution in [1.82, 2.24) is 0 Å². The summed E-state index contributed by atoms with van der Waals surface area (Å²) in [5, 5.41) is 0.618. The SMILES string of the molecule is CCCOC(=O)C(OCc1ccccc1)c1ccc(Cl)cc1. The average molecular weight is 319 g/mol. The van der Waals surface area contributed by atoms with Crippen LogP contribution in [0.5, 0.6) is 0 Å². The van der Waals surface area contributed by atoms with E-state index in [0.29, 0.717) is 18.2 Å². The first-order chi connectivity index (χ1) is 10.7. The van der Waals surface area contributed by atoms with Gasteiger partial charge in [0.25, 0.3) is 0 Å². The van der Waals surface area contributed by atoms with E-state index >= 15 is 0 Å². The number of rotatable bonds is 7. The molecule has 0 N–H and O–H groups in total. The molecule has 0 bridgehead atoms. The van der Waals surface area contributed by atoms with Crippen LogP contribution in [0.4, 0.5) is 0 Å². The first kappa shape index (κ1) is 16.5. The molecule has 116 valence electrons. The van der Waals surface area contributed by atoms with E-state index in [2.05, 4.69) is 0 Å². The zero-order valence-electron chi connectivity index (χ0n) is 12.5. The average Bonchev–Trinajstić information content (AvgIpc) is 2.55. The smallest absolute Gasteiger partial charge is 0.339 e. The molecule has 0 aromatic heterocycles. The second-order valence-corrected chi connectivity index (χ2v) is 5.33. The fourth-order valence-electron chi connectivity index (χ4n) is 1.97. The summed E-state index contributed by atoms with van der Waals surface area (Å²) < 4.78 is 11.0. The summed E-state index contributed by atoms with van der Waals surface area (Å²) in [6, 6.07) is 16.8. The lowest BCUT2D eigenvalue weighted by molar-refractivity contribution is -0.158. The highest BCUT2D eigenvalue weighted by atomic mass is 35.5. The van der Waals surface area contributed by atoms with Gasteiger partial charge < -0.3 is 9.47 Å². The van der Waals surface area contributed by atoms with Gasteiger partial charge in [0.05, 0.1) is 13.2 Å². The normalized spacial score (nSPS) is 11.9. The molecular formula is C18H19ClO3. The number of carbonyl (C=O) groups excluding carboxylic acids is 1. The molecular weight excluding hydrogens is 300 g/mol. The van der Waals surface area contributed by atoms with E-state index in [1.165, 1.54) is 0 Å². The van der Waals surface area contributed by atoms with Crippen LogP contribution >= 0.6 is 11.6 Å². The monoisotopic (exact) mass is 318 g/mol. The van der Waals surface area contributed by atoms with Gasteiger partial charge in [0, 0.05) is 5.02 Å². The molecule has 0 saturated carbocycles. The first-order valence-electron chi connectivity index (χ1n) is 7.28. The predicted octanol–water partition coefficient (Wildman–Crippen LogP) is 4.55. The van der Waals surface area contributed by atoms with Crippen LogP contribution in [0.3, 0.4) is 0 Å². The Kier molecular flexibility index (Phi) is 6.44. The Morgan fingerprint density at radius 1 is 1.09 bits per heavy atom. The van der Waals surface area contributed by atoms with Gasteiger partial charge in [0.1, 0.15) is 0 Å². The highest BCUT2D eigenvalue weighted by Gasteiger charge is 2.23. The highest BCUT2D eigenvalue weighted by Crippen LogP contribution is 2.23. The maximum atomic E-state index is 12.2. The van der Waals surface area contributed by atoms with Crippen molar-refractivity contribution in [1.29, 1.82) is 0 Å². The Morgan fingerprint density at radius 2 is 1.77 bits per heavy atom. The number of carbonyl (C=O) groups is 1. The van der Waals surface area contributed by atoms with E-state index in [1.807, 2.05) is 37.3 Å². The molecule has 4 heteroatoms. The van der Waals surface area contributed by atoms with E-state index in [1.54, 1.807) is 24.3 Å². The molecule has 1 atom stereocenters. The van der Waals surface area contributed by atoms with Crippen LogP contribution in [0.15, 0.2) is 54.6 Å². The minimum Gasteiger partial charge on any atom is -0.464 e. The van der Waals surface area contributed by atoms with Gasteiger partial charge in [-0.25, -0.2) is 4.79 Å². The van der Waals surface area contributed by atoms with Crippen LogP contribution in [0, 0.1) is 0 Å². The minimum atomic E-state index is -0.746. The quantitative estimate of drug-likeness (QED) is 0.702. The molecule has 0 fully saturated rings. The lowest BCUT2D eigenvalue weighted by Crippen LogP contribution is -2.19. The van der Waals surface area contributed by atoms with E-state index in [-0.39, 0.29) is 5.97 Å². The number of halogens is 1. The van der Waals surface area contributed by atoms with Crippen molar-refractivity contribution < 1.29 is 14.3 Å². The summed E-state index contributed by atoms with van der Waals surface area (Å²) in [7, 11) is 0. The number of hydrogen-bond acceptors (Lipinski definition) is 3. The van der Waals surface area contributed by atoms with Crippen molar-refractivity contribution in [2.24, 2.45) is 0 Å². The van der Waals surface area contributed by atoms with Crippen molar-refractivity contribution in [3.8, 4) is 0 Å². The van der Waals surface area contributed by atoms with Gasteiger partial charge in [-0.05, 0) is 29.7 Å². The Labute approximate surface area is 135 Å². The van der Waals surface area contributed by atoms with Crippen molar-refractivity contribution in [3.05, 3.63) is 70.7 Å². The molecule has 0 aliphatic heterocycles. The standard InChI is InChI=1S/C18H19ClO3/c1-2-12-21-18(20)17(15-8-10-16(19)11-9-15)22-13-14-6-4-3-5-7-14/h3-11,17H,2,12-13H2,1H3. The molecule has 22 heavy (non-hydrogen) atoms. The van der Waals surface area contributed by atoms with Gasteiger partial charge in [-0.1, -0.05) is 61.0 Å². The zero-order chi connectivity index (χ0) is 15.8. The van der Waals surface area contributed by atoms with Crippen LogP contribution in [0.1, 0.15) is 30.6 Å². The van der Waals surface area contributed by atoms with Crippen molar-refractivity contribution >= 4 is 17.6 Å². The molecule has 0 radical (unpaired) electrons. The van der Waals surface area contributed by atoms with E-state index < -0.39 is 6.10 Å². The van der Waals surface area contributed by atoms with Crippen LogP contribution in [-0.4, -0.2) is 12.6 Å². The summed E-state index contributed by atoms with van der Waals surface area (Å²) >= 11 is 5.90. The minimum absolute atomic E-state index is 0.343. The zero-order valence-corrected chi connectivity index (χ0v) is 13.3.